The highest BCUT2D eigenvalue weighted by Gasteiger charge is 2.31. The van der Waals surface area contributed by atoms with Crippen LogP contribution in [0.1, 0.15) is 26.7 Å². The number of halogens is 1. The molecule has 0 aliphatic rings. The van der Waals surface area contributed by atoms with Crippen LogP contribution in [0.2, 0.25) is 0 Å². The Labute approximate surface area is 125 Å². The molecule has 0 amide bonds. The van der Waals surface area contributed by atoms with E-state index in [-0.39, 0.29) is 29.8 Å². The second-order valence-electron chi connectivity index (χ2n) is 4.73. The zero-order chi connectivity index (χ0) is 16.0. The van der Waals surface area contributed by atoms with E-state index in [1.807, 2.05) is 13.8 Å². The van der Waals surface area contributed by atoms with Crippen LogP contribution in [-0.4, -0.2) is 39.0 Å². The molecule has 1 aromatic carbocycles. The zero-order valence-corrected chi connectivity index (χ0v) is 13.5. The number of sulfonamides is 1. The average molecular weight is 318 g/mol. The van der Waals surface area contributed by atoms with E-state index in [0.29, 0.717) is 12.8 Å². The summed E-state index contributed by atoms with van der Waals surface area (Å²) in [5, 5.41) is 0. The van der Waals surface area contributed by atoms with Crippen LogP contribution in [0.4, 0.5) is 10.1 Å². The Morgan fingerprint density at radius 1 is 1.33 bits per heavy atom. The molecule has 1 aromatic rings. The van der Waals surface area contributed by atoms with Crippen LogP contribution in [0.15, 0.2) is 23.1 Å². The average Bonchev–Trinajstić information content (AvgIpc) is 2.46. The predicted molar refractivity (Wildman–Crippen MR) is 81.0 cm³/mol. The largest absolute Gasteiger partial charge is 0.395 e. The third kappa shape index (κ3) is 3.93. The summed E-state index contributed by atoms with van der Waals surface area (Å²) in [6.07, 6.45) is 1.32. The Morgan fingerprint density at radius 2 is 1.95 bits per heavy atom. The smallest absolute Gasteiger partial charge is 0.245 e. The molecule has 0 atom stereocenters. The standard InChI is InChI=1S/C14H23FN2O3S/c1-4-11(5-2)17(9-10-20-3)21(18,19)13-8-6-7-12(15)14(13)16/h6-8,11H,4-5,9-10,16H2,1-3H3. The first-order valence-electron chi connectivity index (χ1n) is 6.94. The first kappa shape index (κ1) is 17.9. The molecular weight excluding hydrogens is 295 g/mol. The quantitative estimate of drug-likeness (QED) is 0.746. The van der Waals surface area contributed by atoms with Crippen LogP contribution in [0.25, 0.3) is 0 Å². The Kier molecular flexibility index (Phi) is 6.57. The SMILES string of the molecule is CCC(CC)N(CCOC)S(=O)(=O)c1cccc(F)c1N. The molecule has 0 saturated carbocycles. The number of methoxy groups -OCH3 is 1. The molecule has 0 spiro atoms. The summed E-state index contributed by atoms with van der Waals surface area (Å²) < 4.78 is 45.5. The van der Waals surface area contributed by atoms with Gasteiger partial charge in [0.2, 0.25) is 10.0 Å². The number of hydrogen-bond donors (Lipinski definition) is 1. The minimum atomic E-state index is -3.86. The normalized spacial score (nSPS) is 12.3. The Bertz CT molecular complexity index is 559. The number of rotatable bonds is 8. The van der Waals surface area contributed by atoms with Crippen molar-refractivity contribution < 1.29 is 17.5 Å². The lowest BCUT2D eigenvalue weighted by molar-refractivity contribution is 0.163. The molecule has 2 N–H and O–H groups in total. The van der Waals surface area contributed by atoms with Crippen LogP contribution in [-0.2, 0) is 14.8 Å². The van der Waals surface area contributed by atoms with E-state index in [0.717, 1.165) is 6.07 Å². The van der Waals surface area contributed by atoms with Gasteiger partial charge in [-0.3, -0.25) is 0 Å². The summed E-state index contributed by atoms with van der Waals surface area (Å²) in [4.78, 5) is -0.189. The summed E-state index contributed by atoms with van der Waals surface area (Å²) in [6.45, 7) is 4.31. The van der Waals surface area contributed by atoms with Crippen LogP contribution in [0.3, 0.4) is 0 Å². The molecule has 0 fully saturated rings. The lowest BCUT2D eigenvalue weighted by Gasteiger charge is -2.29. The number of nitrogen functional groups attached to an aromatic ring is 1. The molecule has 0 aliphatic carbocycles. The molecule has 120 valence electrons. The van der Waals surface area contributed by atoms with Crippen molar-refractivity contribution in [2.75, 3.05) is 26.0 Å². The number of ether oxygens (including phenoxy) is 1. The van der Waals surface area contributed by atoms with Crippen molar-refractivity contribution >= 4 is 15.7 Å². The first-order valence-corrected chi connectivity index (χ1v) is 8.38. The monoisotopic (exact) mass is 318 g/mol. The Hall–Kier alpha value is -1.18. The van der Waals surface area contributed by atoms with Gasteiger partial charge in [0.05, 0.1) is 12.3 Å². The van der Waals surface area contributed by atoms with Crippen molar-refractivity contribution in [1.82, 2.24) is 4.31 Å². The molecule has 5 nitrogen and oxygen atoms in total. The van der Waals surface area contributed by atoms with E-state index in [2.05, 4.69) is 0 Å². The summed E-state index contributed by atoms with van der Waals surface area (Å²) in [5.41, 5.74) is 5.26. The van der Waals surface area contributed by atoms with Gasteiger partial charge in [-0.1, -0.05) is 19.9 Å². The lowest BCUT2D eigenvalue weighted by atomic mass is 10.2. The molecule has 7 heteroatoms. The highest BCUT2D eigenvalue weighted by molar-refractivity contribution is 7.89. The Morgan fingerprint density at radius 3 is 2.48 bits per heavy atom. The molecule has 0 bridgehead atoms. The lowest BCUT2D eigenvalue weighted by Crippen LogP contribution is -2.42. The fraction of sp³-hybridized carbons (Fsp3) is 0.571. The van der Waals surface area contributed by atoms with Crippen molar-refractivity contribution in [2.45, 2.75) is 37.6 Å². The van der Waals surface area contributed by atoms with Gasteiger partial charge in [-0.25, -0.2) is 12.8 Å². The van der Waals surface area contributed by atoms with Crippen LogP contribution in [0, 0.1) is 5.82 Å². The number of benzene rings is 1. The van der Waals surface area contributed by atoms with Gasteiger partial charge in [0.1, 0.15) is 10.7 Å². The zero-order valence-electron chi connectivity index (χ0n) is 12.7. The minimum absolute atomic E-state index is 0.173. The van der Waals surface area contributed by atoms with Crippen molar-refractivity contribution in [1.29, 1.82) is 0 Å². The van der Waals surface area contributed by atoms with E-state index < -0.39 is 15.8 Å². The van der Waals surface area contributed by atoms with E-state index >= 15 is 0 Å². The highest BCUT2D eigenvalue weighted by atomic mass is 32.2. The van der Waals surface area contributed by atoms with E-state index in [1.165, 1.54) is 23.5 Å². The number of nitrogens with two attached hydrogens (primary N) is 1. The maximum atomic E-state index is 13.6. The molecule has 0 aromatic heterocycles. The van der Waals surface area contributed by atoms with E-state index in [1.54, 1.807) is 0 Å². The highest BCUT2D eigenvalue weighted by Crippen LogP contribution is 2.27. The summed E-state index contributed by atoms with van der Waals surface area (Å²) in [5.74, 6) is -0.729. The molecule has 0 unspecified atom stereocenters. The number of hydrogen-bond acceptors (Lipinski definition) is 4. The molecule has 0 saturated heterocycles. The molecule has 0 heterocycles. The van der Waals surface area contributed by atoms with Crippen molar-refractivity contribution in [3.05, 3.63) is 24.0 Å². The van der Waals surface area contributed by atoms with Gasteiger partial charge < -0.3 is 10.5 Å². The molecule has 0 radical (unpaired) electrons. The van der Waals surface area contributed by atoms with Crippen molar-refractivity contribution in [2.24, 2.45) is 0 Å². The summed E-state index contributed by atoms with van der Waals surface area (Å²) in [7, 11) is -2.35. The number of anilines is 1. The van der Waals surface area contributed by atoms with Crippen molar-refractivity contribution in [3.8, 4) is 0 Å². The Balaban J connectivity index is 3.29. The molecule has 0 aliphatic heterocycles. The van der Waals surface area contributed by atoms with Crippen LogP contribution >= 0.6 is 0 Å². The second kappa shape index (κ2) is 7.72. The fourth-order valence-corrected chi connectivity index (χ4v) is 4.13. The first-order chi connectivity index (χ1) is 9.89. The third-order valence-corrected chi connectivity index (χ3v) is 5.48. The van der Waals surface area contributed by atoms with Gasteiger partial charge >= 0.3 is 0 Å². The van der Waals surface area contributed by atoms with Gasteiger partial charge in [0.15, 0.2) is 0 Å². The van der Waals surface area contributed by atoms with Gasteiger partial charge in [-0.15, -0.1) is 0 Å². The number of para-hydroxylation sites is 1. The van der Waals surface area contributed by atoms with Gasteiger partial charge in [0, 0.05) is 19.7 Å². The fourth-order valence-electron chi connectivity index (χ4n) is 2.24. The summed E-state index contributed by atoms with van der Waals surface area (Å²) >= 11 is 0. The van der Waals surface area contributed by atoms with Crippen LogP contribution in [0.5, 0.6) is 0 Å². The van der Waals surface area contributed by atoms with E-state index in [4.69, 9.17) is 10.5 Å². The minimum Gasteiger partial charge on any atom is -0.395 e. The molecule has 1 rings (SSSR count). The van der Waals surface area contributed by atoms with Gasteiger partial charge in [0.25, 0.3) is 0 Å². The van der Waals surface area contributed by atoms with Gasteiger partial charge in [-0.2, -0.15) is 4.31 Å². The molecular formula is C14H23FN2O3S. The summed E-state index contributed by atoms with van der Waals surface area (Å²) in [6, 6.07) is 3.65. The number of nitrogens with zero attached hydrogens (tertiary/aromatic N) is 1. The van der Waals surface area contributed by atoms with Gasteiger partial charge in [-0.05, 0) is 25.0 Å². The predicted octanol–water partition coefficient (Wildman–Crippen LogP) is 2.23. The molecule has 21 heavy (non-hydrogen) atoms. The maximum Gasteiger partial charge on any atom is 0.245 e. The second-order valence-corrected chi connectivity index (χ2v) is 6.59. The topological polar surface area (TPSA) is 72.6 Å². The van der Waals surface area contributed by atoms with Crippen LogP contribution < -0.4 is 5.73 Å². The third-order valence-electron chi connectivity index (χ3n) is 3.47. The maximum absolute atomic E-state index is 13.6. The van der Waals surface area contributed by atoms with Crippen molar-refractivity contribution in [3.63, 3.8) is 0 Å². The van der Waals surface area contributed by atoms with E-state index in [9.17, 15) is 12.8 Å².